The Bertz CT molecular complexity index is 1670. The van der Waals surface area contributed by atoms with Gasteiger partial charge in [0.25, 0.3) is 0 Å². The van der Waals surface area contributed by atoms with Crippen molar-refractivity contribution in [3.63, 3.8) is 0 Å². The summed E-state index contributed by atoms with van der Waals surface area (Å²) in [6.07, 6.45) is 10.4. The number of aromatic nitrogens is 1. The van der Waals surface area contributed by atoms with Gasteiger partial charge in [-0.2, -0.15) is 4.58 Å². The van der Waals surface area contributed by atoms with E-state index in [1.54, 1.807) is 0 Å². The van der Waals surface area contributed by atoms with Gasteiger partial charge in [0.15, 0.2) is 12.3 Å². The van der Waals surface area contributed by atoms with Crippen LogP contribution in [0.25, 0.3) is 5.57 Å². The van der Waals surface area contributed by atoms with Crippen LogP contribution in [0.2, 0.25) is 0 Å². The van der Waals surface area contributed by atoms with Crippen molar-refractivity contribution < 1.29 is 14.5 Å². The predicted octanol–water partition coefficient (Wildman–Crippen LogP) is 6.54. The van der Waals surface area contributed by atoms with Gasteiger partial charge in [0.05, 0.1) is 11.3 Å². The maximum absolute atomic E-state index is 14.1. The molecule has 7 rings (SSSR count). The Morgan fingerprint density at radius 2 is 1.52 bits per heavy atom. The van der Waals surface area contributed by atoms with Gasteiger partial charge in [-0.25, -0.2) is 0 Å². The molecule has 0 N–H and O–H groups in total. The fourth-order valence-electron chi connectivity index (χ4n) is 7.86. The predicted molar refractivity (Wildman–Crippen MR) is 166 cm³/mol. The third-order valence-corrected chi connectivity index (χ3v) is 10.1. The number of benzene rings is 2. The second-order valence-corrected chi connectivity index (χ2v) is 12.4. The van der Waals surface area contributed by atoms with E-state index in [0.717, 1.165) is 75.8 Å². The third-order valence-electron chi connectivity index (χ3n) is 10.1. The molecule has 42 heavy (non-hydrogen) atoms. The molecule has 2 heterocycles. The Morgan fingerprint density at radius 1 is 0.857 bits per heavy atom. The quantitative estimate of drug-likeness (QED) is 0.222. The minimum Gasteiger partial charge on any atom is -0.871 e. The lowest BCUT2D eigenvalue weighted by atomic mass is 9.84. The van der Waals surface area contributed by atoms with Crippen molar-refractivity contribution in [1.29, 1.82) is 0 Å². The monoisotopic (exact) mass is 556 g/mol. The number of ketones is 1. The highest BCUT2D eigenvalue weighted by atomic mass is 16.3. The highest BCUT2D eigenvalue weighted by Crippen LogP contribution is 2.45. The van der Waals surface area contributed by atoms with Crippen molar-refractivity contribution in [1.82, 2.24) is 4.57 Å². The molecular weight excluding hydrogens is 516 g/mol. The number of rotatable bonds is 9. The van der Waals surface area contributed by atoms with E-state index in [4.69, 9.17) is 0 Å². The highest BCUT2D eigenvalue weighted by molar-refractivity contribution is 6.39. The summed E-state index contributed by atoms with van der Waals surface area (Å²) in [6, 6.07) is 23.2. The summed E-state index contributed by atoms with van der Waals surface area (Å²) < 4.78 is 4.65. The van der Waals surface area contributed by atoms with Gasteiger partial charge >= 0.3 is 0 Å². The van der Waals surface area contributed by atoms with Crippen molar-refractivity contribution in [3.8, 4) is 0 Å². The Kier molecular flexibility index (Phi) is 7.09. The fourth-order valence-corrected chi connectivity index (χ4v) is 7.86. The van der Waals surface area contributed by atoms with Crippen LogP contribution in [0.1, 0.15) is 79.9 Å². The maximum atomic E-state index is 14.1. The standard InChI is InChI=1S/C38H40N2O2/c1-3-27-15-17-29-23-31(39(35(27)29)21-19-25-11-7-5-8-12-25)33-37(41)34(38(33)42)32-24-30-18-16-28(4-2)36(30)40(32)22-20-26-13-9-6-10-14-26/h5-14,23-24,27-28H,3-4,15-22H2,1-2H3. The number of Topliss-reactive ketones (excluding diaryl/α,β-unsaturated/α-hetero) is 1. The van der Waals surface area contributed by atoms with Crippen LogP contribution >= 0.6 is 0 Å². The van der Waals surface area contributed by atoms with Gasteiger partial charge in [-0.3, -0.25) is 4.79 Å². The van der Waals surface area contributed by atoms with Crippen molar-refractivity contribution in [3.05, 3.63) is 123 Å². The van der Waals surface area contributed by atoms with Crippen LogP contribution in [0.4, 0.5) is 0 Å². The largest absolute Gasteiger partial charge is 0.871 e. The molecule has 3 aromatic rings. The fraction of sp³-hybridized carbons (Fsp3) is 0.368. The number of allylic oxidation sites excluding steroid dienone is 4. The van der Waals surface area contributed by atoms with Crippen molar-refractivity contribution in [2.24, 2.45) is 5.92 Å². The molecule has 1 aromatic heterocycles. The number of carbonyl (C=O) groups excluding carboxylic acids is 1. The van der Waals surface area contributed by atoms with E-state index in [0.29, 0.717) is 23.0 Å². The summed E-state index contributed by atoms with van der Waals surface area (Å²) in [6.45, 7) is 6.06. The lowest BCUT2D eigenvalue weighted by molar-refractivity contribution is -0.471. The molecule has 0 spiro atoms. The number of aryl methyl sites for hydroxylation is 2. The molecule has 3 aliphatic carbocycles. The Balaban J connectivity index is 1.28. The molecule has 0 radical (unpaired) electrons. The summed E-state index contributed by atoms with van der Waals surface area (Å²) in [5.74, 6) is 0.830. The topological polar surface area (TPSA) is 48.1 Å². The minimum absolute atomic E-state index is 0.0737. The van der Waals surface area contributed by atoms with E-state index in [9.17, 15) is 9.90 Å². The molecule has 1 saturated carbocycles. The van der Waals surface area contributed by atoms with E-state index in [2.05, 4.69) is 83.7 Å². The van der Waals surface area contributed by atoms with Crippen LogP contribution < -0.4 is 5.11 Å². The van der Waals surface area contributed by atoms with Gasteiger partial charge in [0.2, 0.25) is 11.5 Å². The van der Waals surface area contributed by atoms with Gasteiger partial charge < -0.3 is 9.67 Å². The third kappa shape index (κ3) is 4.43. The van der Waals surface area contributed by atoms with Gasteiger partial charge in [-0.15, -0.1) is 0 Å². The van der Waals surface area contributed by atoms with Gasteiger partial charge in [-0.05, 0) is 73.6 Å². The molecule has 4 nitrogen and oxygen atoms in total. The van der Waals surface area contributed by atoms with E-state index >= 15 is 0 Å². The maximum Gasteiger partial charge on any atom is 0.216 e. The summed E-state index contributed by atoms with van der Waals surface area (Å²) in [5, 5.41) is 14.1. The van der Waals surface area contributed by atoms with E-state index in [1.807, 2.05) is 12.1 Å². The number of hydrogen-bond acceptors (Lipinski definition) is 2. The first-order valence-corrected chi connectivity index (χ1v) is 15.9. The SMILES string of the molecule is CCC1CCC2=C/C(=C3/C(=O)C(c4cc5c(n4CCc4ccccc4)C(CC)CC5)=C3[O-])[N+](CCc3ccccc3)=C21. The molecule has 214 valence electrons. The average Bonchev–Trinajstić information content (AvgIpc) is 3.77. The molecular formula is C38H40N2O2. The summed E-state index contributed by atoms with van der Waals surface area (Å²) in [5.41, 5.74) is 10.4. The molecule has 4 aliphatic rings. The van der Waals surface area contributed by atoms with E-state index in [-0.39, 0.29) is 11.5 Å². The van der Waals surface area contributed by atoms with Crippen molar-refractivity contribution in [2.75, 3.05) is 6.54 Å². The first kappa shape index (κ1) is 26.9. The second kappa shape index (κ2) is 11.1. The van der Waals surface area contributed by atoms with E-state index < -0.39 is 0 Å². The first-order chi connectivity index (χ1) is 20.6. The highest BCUT2D eigenvalue weighted by Gasteiger charge is 2.45. The Labute approximate surface area is 249 Å². The van der Waals surface area contributed by atoms with Crippen molar-refractivity contribution >= 4 is 17.1 Å². The van der Waals surface area contributed by atoms with Crippen LogP contribution in [-0.4, -0.2) is 27.2 Å². The molecule has 0 amide bonds. The summed E-state index contributed by atoms with van der Waals surface area (Å²) >= 11 is 0. The summed E-state index contributed by atoms with van der Waals surface area (Å²) in [7, 11) is 0. The molecule has 2 unspecified atom stereocenters. The zero-order valence-corrected chi connectivity index (χ0v) is 24.9. The normalized spacial score (nSPS) is 23.0. The zero-order valence-electron chi connectivity index (χ0n) is 24.9. The molecule has 1 aliphatic heterocycles. The van der Waals surface area contributed by atoms with Crippen molar-refractivity contribution in [2.45, 2.75) is 77.7 Å². The lowest BCUT2D eigenvalue weighted by Crippen LogP contribution is -2.34. The zero-order chi connectivity index (χ0) is 28.8. The van der Waals surface area contributed by atoms with Gasteiger partial charge in [0, 0.05) is 41.8 Å². The van der Waals surface area contributed by atoms with Crippen LogP contribution in [0, 0.1) is 5.92 Å². The number of hydrogen-bond donors (Lipinski definition) is 0. The lowest BCUT2D eigenvalue weighted by Gasteiger charge is -2.31. The smallest absolute Gasteiger partial charge is 0.216 e. The average molecular weight is 557 g/mol. The molecule has 1 fully saturated rings. The molecule has 2 aromatic carbocycles. The Morgan fingerprint density at radius 3 is 2.19 bits per heavy atom. The van der Waals surface area contributed by atoms with Crippen LogP contribution in [-0.2, 0) is 30.6 Å². The van der Waals surface area contributed by atoms with Crippen LogP contribution in [0.15, 0.2) is 95.4 Å². The summed E-state index contributed by atoms with van der Waals surface area (Å²) in [4.78, 5) is 14.1. The number of carbonyl (C=O) groups is 1. The second-order valence-electron chi connectivity index (χ2n) is 12.4. The number of nitrogens with zero attached hydrogens (tertiary/aromatic N) is 2. The first-order valence-electron chi connectivity index (χ1n) is 15.9. The molecule has 4 heteroatoms. The van der Waals surface area contributed by atoms with Crippen LogP contribution in [0.5, 0.6) is 0 Å². The number of fused-ring (bicyclic) bond motifs is 2. The van der Waals surface area contributed by atoms with Crippen LogP contribution in [0.3, 0.4) is 0 Å². The molecule has 0 bridgehead atoms. The van der Waals surface area contributed by atoms with E-state index in [1.165, 1.54) is 33.7 Å². The molecule has 0 saturated heterocycles. The molecule has 2 atom stereocenters. The van der Waals surface area contributed by atoms with Gasteiger partial charge in [-0.1, -0.05) is 80.3 Å². The van der Waals surface area contributed by atoms with Gasteiger partial charge in [0.1, 0.15) is 0 Å². The minimum atomic E-state index is -0.0737. The Hall–Kier alpha value is -3.92.